The van der Waals surface area contributed by atoms with Crippen LogP contribution < -0.4 is 31.1 Å². The zero-order chi connectivity index (χ0) is 45.9. The first-order chi connectivity index (χ1) is 33.1. The Balaban J connectivity index is 1.06. The summed E-state index contributed by atoms with van der Waals surface area (Å²) in [7, 11) is 0. The monoisotopic (exact) mass is 877 g/mol. The van der Waals surface area contributed by atoms with Crippen LogP contribution in [0, 0.1) is 0 Å². The third-order valence-electron chi connectivity index (χ3n) is 16.5. The largest absolute Gasteiger partial charge is 0.335 e. The summed E-state index contributed by atoms with van der Waals surface area (Å²) in [5, 5.41) is 2.51. The number of anilines is 8. The Labute approximate surface area is 402 Å². The van der Waals surface area contributed by atoms with Gasteiger partial charge in [0, 0.05) is 50.9 Å². The fourth-order valence-corrected chi connectivity index (χ4v) is 12.9. The van der Waals surface area contributed by atoms with E-state index >= 15 is 0 Å². The molecule has 0 spiro atoms. The Morgan fingerprint density at radius 1 is 0.515 bits per heavy atom. The molecule has 3 heterocycles. The van der Waals surface area contributed by atoms with Gasteiger partial charge in [-0.1, -0.05) is 174 Å². The van der Waals surface area contributed by atoms with Gasteiger partial charge in [0.2, 0.25) is 0 Å². The molecule has 9 aromatic rings. The van der Waals surface area contributed by atoms with Crippen LogP contribution in [0.5, 0.6) is 0 Å². The number of para-hydroxylation sites is 1. The lowest BCUT2D eigenvalue weighted by Gasteiger charge is -2.52. The minimum atomic E-state index is -0.0525. The zero-order valence-electron chi connectivity index (χ0n) is 39.8. The molecule has 1 aliphatic carbocycles. The third kappa shape index (κ3) is 5.99. The highest BCUT2D eigenvalue weighted by Gasteiger charge is 2.61. The smallest absolute Gasteiger partial charge is 0.252 e. The van der Waals surface area contributed by atoms with E-state index in [0.29, 0.717) is 0 Å². The molecular formula is C64H56BN3. The van der Waals surface area contributed by atoms with Crippen molar-refractivity contribution in [1.82, 2.24) is 0 Å². The Hall–Kier alpha value is -7.30. The average Bonchev–Trinajstić information content (AvgIpc) is 3.58. The first-order valence-electron chi connectivity index (χ1n) is 24.8. The number of hydrogen-bond donors (Lipinski definition) is 0. The van der Waals surface area contributed by atoms with Gasteiger partial charge in [0.05, 0.1) is 5.54 Å². The fourth-order valence-electron chi connectivity index (χ4n) is 12.9. The summed E-state index contributed by atoms with van der Waals surface area (Å²) in [6, 6.07) is 75.6. The molecule has 0 radical (unpaired) electrons. The van der Waals surface area contributed by atoms with E-state index in [1.807, 2.05) is 0 Å². The summed E-state index contributed by atoms with van der Waals surface area (Å²) in [6.07, 6.45) is 4.87. The second-order valence-corrected chi connectivity index (χ2v) is 21.2. The minimum absolute atomic E-state index is 0.00572. The van der Waals surface area contributed by atoms with Crippen LogP contribution in [0.1, 0.15) is 71.4 Å². The molecule has 0 N–H and O–H groups in total. The highest BCUT2D eigenvalue weighted by molar-refractivity contribution is 7.00. The van der Waals surface area contributed by atoms with Gasteiger partial charge in [-0.2, -0.15) is 0 Å². The van der Waals surface area contributed by atoms with Crippen molar-refractivity contribution in [2.75, 3.05) is 14.7 Å². The van der Waals surface area contributed by atoms with E-state index in [2.05, 4.69) is 250 Å². The standard InChI is InChI=1S/C64H56BN3/c1-62(2,3)47-31-33-49(34-32-47)66(50-26-16-23-45(39-50)53-28-17-22-44-21-12-13-27-52(44)53)51-35-36-55-59(42-51)67(48-24-10-7-11-25-48)57-29-18-30-58-60(57)65(55)56-41-46(43-19-8-6-9-20-43)40-54-61(56)68(58)64(5)38-15-14-37-63(54,64)4/h6-13,16-36,39-42H,14-15,37-38H2,1-5H3. The molecule has 9 aromatic carbocycles. The van der Waals surface area contributed by atoms with Crippen LogP contribution in [0.3, 0.4) is 0 Å². The van der Waals surface area contributed by atoms with Gasteiger partial charge >= 0.3 is 0 Å². The van der Waals surface area contributed by atoms with Crippen LogP contribution in [0.4, 0.5) is 45.5 Å². The highest BCUT2D eigenvalue weighted by Crippen LogP contribution is 2.62. The van der Waals surface area contributed by atoms with Crippen LogP contribution in [0.2, 0.25) is 0 Å². The Morgan fingerprint density at radius 2 is 1.18 bits per heavy atom. The molecule has 1 saturated carbocycles. The van der Waals surface area contributed by atoms with Crippen molar-refractivity contribution < 1.29 is 0 Å². The van der Waals surface area contributed by atoms with Gasteiger partial charge in [-0.15, -0.1) is 0 Å². The van der Waals surface area contributed by atoms with E-state index in [-0.39, 0.29) is 23.1 Å². The highest BCUT2D eigenvalue weighted by atomic mass is 15.3. The Bertz CT molecular complexity index is 3440. The van der Waals surface area contributed by atoms with Crippen LogP contribution >= 0.6 is 0 Å². The maximum atomic E-state index is 2.83. The van der Waals surface area contributed by atoms with E-state index in [4.69, 9.17) is 0 Å². The summed E-state index contributed by atoms with van der Waals surface area (Å²) in [5.41, 5.74) is 21.8. The lowest BCUT2D eigenvalue weighted by molar-refractivity contribution is 0.195. The number of benzene rings is 9. The molecule has 0 aromatic heterocycles. The van der Waals surface area contributed by atoms with E-state index in [1.54, 1.807) is 0 Å². The van der Waals surface area contributed by atoms with Crippen LogP contribution in [0.25, 0.3) is 33.0 Å². The molecule has 4 heteroatoms. The van der Waals surface area contributed by atoms with Gasteiger partial charge in [0.25, 0.3) is 6.71 Å². The Morgan fingerprint density at radius 3 is 1.99 bits per heavy atom. The molecule has 3 aliphatic heterocycles. The van der Waals surface area contributed by atoms with Gasteiger partial charge < -0.3 is 14.7 Å². The second-order valence-electron chi connectivity index (χ2n) is 21.2. The third-order valence-corrected chi connectivity index (χ3v) is 16.5. The van der Waals surface area contributed by atoms with E-state index < -0.39 is 0 Å². The molecule has 3 nitrogen and oxygen atoms in total. The maximum absolute atomic E-state index is 2.83. The van der Waals surface area contributed by atoms with E-state index in [0.717, 1.165) is 22.7 Å². The SMILES string of the molecule is CC(C)(C)c1ccc(N(c2cccc(-c3cccc4ccccc34)c2)c2ccc3c(c2)N(c2ccccc2)c2cccc4c2B3c2cc(-c3ccccc3)cc3c2N4C2(C)CCCCC32C)cc1. The topological polar surface area (TPSA) is 9.72 Å². The lowest BCUT2D eigenvalue weighted by atomic mass is 9.33. The van der Waals surface area contributed by atoms with Crippen molar-refractivity contribution in [2.45, 2.75) is 76.7 Å². The van der Waals surface area contributed by atoms with Crippen LogP contribution in [-0.4, -0.2) is 12.3 Å². The summed E-state index contributed by atoms with van der Waals surface area (Å²) < 4.78 is 0. The summed E-state index contributed by atoms with van der Waals surface area (Å²) >= 11 is 0. The van der Waals surface area contributed by atoms with Gasteiger partial charge in [0.1, 0.15) is 0 Å². The molecule has 0 bridgehead atoms. The van der Waals surface area contributed by atoms with E-state index in [9.17, 15) is 0 Å². The fraction of sp³-hybridized carbons (Fsp3) is 0.188. The molecule has 4 aliphatic rings. The zero-order valence-corrected chi connectivity index (χ0v) is 39.8. The molecule has 0 saturated heterocycles. The molecule has 13 rings (SSSR count). The van der Waals surface area contributed by atoms with Crippen molar-refractivity contribution >= 4 is 79.4 Å². The van der Waals surface area contributed by atoms with Crippen molar-refractivity contribution in [3.05, 3.63) is 211 Å². The first-order valence-corrected chi connectivity index (χ1v) is 24.8. The minimum Gasteiger partial charge on any atom is -0.335 e. The second kappa shape index (κ2) is 15.1. The van der Waals surface area contributed by atoms with Crippen molar-refractivity contribution in [3.63, 3.8) is 0 Å². The Kier molecular flexibility index (Phi) is 9.09. The summed E-state index contributed by atoms with van der Waals surface area (Å²) in [4.78, 5) is 7.86. The average molecular weight is 878 g/mol. The number of rotatable bonds is 6. The van der Waals surface area contributed by atoms with Gasteiger partial charge in [-0.05, 0) is 152 Å². The van der Waals surface area contributed by atoms with Gasteiger partial charge in [-0.25, -0.2) is 0 Å². The van der Waals surface area contributed by atoms with Gasteiger partial charge in [-0.3, -0.25) is 0 Å². The molecule has 2 atom stereocenters. The molecule has 0 amide bonds. The number of nitrogens with zero attached hydrogens (tertiary/aromatic N) is 3. The van der Waals surface area contributed by atoms with Crippen LogP contribution in [-0.2, 0) is 10.8 Å². The molecule has 330 valence electrons. The van der Waals surface area contributed by atoms with Crippen molar-refractivity contribution in [2.24, 2.45) is 0 Å². The van der Waals surface area contributed by atoms with Crippen LogP contribution in [0.15, 0.2) is 200 Å². The number of fused-ring (bicyclic) bond motifs is 8. The molecule has 2 unspecified atom stereocenters. The lowest BCUT2D eigenvalue weighted by Crippen LogP contribution is -2.64. The molecular weight excluding hydrogens is 822 g/mol. The van der Waals surface area contributed by atoms with Crippen molar-refractivity contribution in [3.8, 4) is 22.3 Å². The quantitative estimate of drug-likeness (QED) is 0.154. The van der Waals surface area contributed by atoms with Gasteiger partial charge in [0.15, 0.2) is 0 Å². The summed E-state index contributed by atoms with van der Waals surface area (Å²) in [5.74, 6) is 0. The first kappa shape index (κ1) is 40.9. The predicted molar refractivity (Wildman–Crippen MR) is 290 cm³/mol. The molecule has 1 fully saturated rings. The predicted octanol–water partition coefficient (Wildman–Crippen LogP) is 15.3. The normalized spacial score (nSPS) is 18.8. The number of hydrogen-bond acceptors (Lipinski definition) is 3. The summed E-state index contributed by atoms with van der Waals surface area (Å²) in [6.45, 7) is 12.1. The van der Waals surface area contributed by atoms with Crippen molar-refractivity contribution in [1.29, 1.82) is 0 Å². The maximum Gasteiger partial charge on any atom is 0.252 e. The molecule has 68 heavy (non-hydrogen) atoms. The van der Waals surface area contributed by atoms with E-state index in [1.165, 1.54) is 109 Å².